The Labute approximate surface area is 107 Å². The molecule has 0 atom stereocenters. The first-order valence-electron chi connectivity index (χ1n) is 6.13. The summed E-state index contributed by atoms with van der Waals surface area (Å²) < 4.78 is 28.0. The second kappa shape index (κ2) is 5.38. The largest absolute Gasteiger partial charge is 0.393 e. The summed E-state index contributed by atoms with van der Waals surface area (Å²) in [5.74, 6) is 0.312. The topological polar surface area (TPSA) is 84.2 Å². The second-order valence-electron chi connectivity index (χ2n) is 4.90. The molecular weight excluding hydrogens is 254 g/mol. The van der Waals surface area contributed by atoms with Crippen molar-refractivity contribution in [1.29, 1.82) is 0 Å². The molecule has 6 nitrogen and oxygen atoms in total. The predicted molar refractivity (Wildman–Crippen MR) is 66.4 cm³/mol. The standard InChI is InChI=1S/C11H19N3O3S/c1-14-7-11(12-8-14)18(16,17)13-6-9-2-4-10(15)5-3-9/h7-10,13,15H,2-6H2,1H3. The van der Waals surface area contributed by atoms with E-state index >= 15 is 0 Å². The van der Waals surface area contributed by atoms with Crippen LogP contribution in [0.5, 0.6) is 0 Å². The summed E-state index contributed by atoms with van der Waals surface area (Å²) in [4.78, 5) is 3.84. The summed E-state index contributed by atoms with van der Waals surface area (Å²) >= 11 is 0. The fourth-order valence-electron chi connectivity index (χ4n) is 2.18. The van der Waals surface area contributed by atoms with E-state index < -0.39 is 10.0 Å². The van der Waals surface area contributed by atoms with Crippen LogP contribution in [0.3, 0.4) is 0 Å². The number of nitrogens with zero attached hydrogens (tertiary/aromatic N) is 2. The Morgan fingerprint density at radius 2 is 2.11 bits per heavy atom. The van der Waals surface area contributed by atoms with Gasteiger partial charge >= 0.3 is 0 Å². The van der Waals surface area contributed by atoms with Crippen LogP contribution < -0.4 is 4.72 Å². The Kier molecular flexibility index (Phi) is 4.04. The average molecular weight is 273 g/mol. The van der Waals surface area contributed by atoms with Crippen molar-refractivity contribution in [3.8, 4) is 0 Å². The van der Waals surface area contributed by atoms with E-state index in [4.69, 9.17) is 0 Å². The summed E-state index contributed by atoms with van der Waals surface area (Å²) in [6.07, 6.45) is 5.98. The molecule has 2 rings (SSSR count). The fraction of sp³-hybridized carbons (Fsp3) is 0.727. The third-order valence-corrected chi connectivity index (χ3v) is 4.64. The monoisotopic (exact) mass is 273 g/mol. The van der Waals surface area contributed by atoms with E-state index in [0.717, 1.165) is 25.7 Å². The van der Waals surface area contributed by atoms with Crippen LogP contribution in [0.4, 0.5) is 0 Å². The van der Waals surface area contributed by atoms with Crippen molar-refractivity contribution in [2.45, 2.75) is 36.8 Å². The number of aliphatic hydroxyl groups is 1. The SMILES string of the molecule is Cn1cnc(S(=O)(=O)NCC2CCC(O)CC2)c1. The summed E-state index contributed by atoms with van der Waals surface area (Å²) in [6, 6.07) is 0. The van der Waals surface area contributed by atoms with E-state index in [-0.39, 0.29) is 11.1 Å². The highest BCUT2D eigenvalue weighted by Gasteiger charge is 2.22. The molecule has 0 bridgehead atoms. The van der Waals surface area contributed by atoms with Crippen LogP contribution in [0.2, 0.25) is 0 Å². The summed E-state index contributed by atoms with van der Waals surface area (Å²) in [5.41, 5.74) is 0. The van der Waals surface area contributed by atoms with E-state index in [1.54, 1.807) is 11.6 Å². The van der Waals surface area contributed by atoms with Gasteiger partial charge in [0.15, 0.2) is 5.03 Å². The van der Waals surface area contributed by atoms with Gasteiger partial charge in [0.05, 0.1) is 12.4 Å². The lowest BCUT2D eigenvalue weighted by molar-refractivity contribution is 0.109. The first-order chi connectivity index (χ1) is 8.47. The van der Waals surface area contributed by atoms with Gasteiger partial charge in [-0.15, -0.1) is 0 Å². The van der Waals surface area contributed by atoms with Crippen LogP contribution in [-0.2, 0) is 17.1 Å². The van der Waals surface area contributed by atoms with Gasteiger partial charge in [0.1, 0.15) is 0 Å². The number of sulfonamides is 1. The van der Waals surface area contributed by atoms with Gasteiger partial charge in [-0.2, -0.15) is 0 Å². The van der Waals surface area contributed by atoms with Gasteiger partial charge in [-0.3, -0.25) is 0 Å². The van der Waals surface area contributed by atoms with Gasteiger partial charge < -0.3 is 9.67 Å². The van der Waals surface area contributed by atoms with Gasteiger partial charge in [-0.05, 0) is 31.6 Å². The molecule has 0 unspecified atom stereocenters. The zero-order valence-electron chi connectivity index (χ0n) is 10.4. The predicted octanol–water partition coefficient (Wildman–Crippen LogP) is 0.249. The summed E-state index contributed by atoms with van der Waals surface area (Å²) in [5, 5.41) is 9.44. The molecular formula is C11H19N3O3S. The first-order valence-corrected chi connectivity index (χ1v) is 7.61. The van der Waals surface area contributed by atoms with Crippen LogP contribution in [0.1, 0.15) is 25.7 Å². The van der Waals surface area contributed by atoms with Crippen LogP contribution >= 0.6 is 0 Å². The van der Waals surface area contributed by atoms with Crippen molar-refractivity contribution in [1.82, 2.24) is 14.3 Å². The quantitative estimate of drug-likeness (QED) is 0.823. The molecule has 102 valence electrons. The molecule has 0 aliphatic heterocycles. The maximum atomic E-state index is 11.9. The molecule has 1 fully saturated rings. The van der Waals surface area contributed by atoms with Crippen molar-refractivity contribution in [3.05, 3.63) is 12.5 Å². The molecule has 2 N–H and O–H groups in total. The number of hydrogen-bond acceptors (Lipinski definition) is 4. The van der Waals surface area contributed by atoms with E-state index in [1.807, 2.05) is 0 Å². The first kappa shape index (κ1) is 13.5. The molecule has 0 aromatic carbocycles. The molecule has 7 heteroatoms. The molecule has 0 saturated heterocycles. The summed E-state index contributed by atoms with van der Waals surface area (Å²) in [7, 11) is -1.77. The van der Waals surface area contributed by atoms with Crippen LogP contribution in [0, 0.1) is 5.92 Å². The Hall–Kier alpha value is -0.920. The number of rotatable bonds is 4. The maximum absolute atomic E-state index is 11.9. The smallest absolute Gasteiger partial charge is 0.259 e. The van der Waals surface area contributed by atoms with Crippen molar-refractivity contribution >= 4 is 10.0 Å². The fourth-order valence-corrected chi connectivity index (χ4v) is 3.27. The number of aryl methyl sites for hydroxylation is 1. The molecule has 0 amide bonds. The van der Waals surface area contributed by atoms with Gasteiger partial charge in [0.2, 0.25) is 0 Å². The molecule has 0 radical (unpaired) electrons. The lowest BCUT2D eigenvalue weighted by atomic mass is 9.88. The molecule has 1 aromatic heterocycles. The third-order valence-electron chi connectivity index (χ3n) is 3.33. The summed E-state index contributed by atoms with van der Waals surface area (Å²) in [6.45, 7) is 0.422. The highest BCUT2D eigenvalue weighted by atomic mass is 32.2. The molecule has 1 aliphatic rings. The lowest BCUT2D eigenvalue weighted by Gasteiger charge is -2.25. The number of imidazole rings is 1. The van der Waals surface area contributed by atoms with Gasteiger partial charge in [0, 0.05) is 19.8 Å². The minimum Gasteiger partial charge on any atom is -0.393 e. The average Bonchev–Trinajstić information content (AvgIpc) is 2.76. The Morgan fingerprint density at radius 1 is 1.44 bits per heavy atom. The zero-order valence-corrected chi connectivity index (χ0v) is 11.2. The molecule has 1 saturated carbocycles. The van der Waals surface area contributed by atoms with E-state index in [2.05, 4.69) is 9.71 Å². The Morgan fingerprint density at radius 3 is 2.67 bits per heavy atom. The van der Waals surface area contributed by atoms with Gasteiger partial charge in [-0.1, -0.05) is 0 Å². The zero-order chi connectivity index (χ0) is 13.2. The van der Waals surface area contributed by atoms with Gasteiger partial charge in [-0.25, -0.2) is 18.1 Å². The minimum absolute atomic E-state index is 0.0563. The van der Waals surface area contributed by atoms with E-state index in [9.17, 15) is 13.5 Å². The lowest BCUT2D eigenvalue weighted by Crippen LogP contribution is -2.32. The normalized spacial score (nSPS) is 25.2. The number of hydrogen-bond donors (Lipinski definition) is 2. The highest BCUT2D eigenvalue weighted by Crippen LogP contribution is 2.23. The van der Waals surface area contributed by atoms with Crippen molar-refractivity contribution < 1.29 is 13.5 Å². The Balaban J connectivity index is 1.90. The Bertz CT molecular complexity index is 489. The minimum atomic E-state index is -3.50. The molecule has 1 heterocycles. The van der Waals surface area contributed by atoms with E-state index in [1.165, 1.54) is 12.5 Å². The molecule has 1 aliphatic carbocycles. The number of nitrogens with one attached hydrogen (secondary N) is 1. The van der Waals surface area contributed by atoms with Gasteiger partial charge in [0.25, 0.3) is 10.0 Å². The highest BCUT2D eigenvalue weighted by molar-refractivity contribution is 7.89. The van der Waals surface area contributed by atoms with Crippen LogP contribution in [-0.4, -0.2) is 35.7 Å². The van der Waals surface area contributed by atoms with Crippen LogP contribution in [0.25, 0.3) is 0 Å². The second-order valence-corrected chi connectivity index (χ2v) is 6.62. The van der Waals surface area contributed by atoms with Crippen molar-refractivity contribution in [2.24, 2.45) is 13.0 Å². The number of aliphatic hydroxyl groups excluding tert-OH is 1. The van der Waals surface area contributed by atoms with Crippen molar-refractivity contribution in [3.63, 3.8) is 0 Å². The maximum Gasteiger partial charge on any atom is 0.259 e. The number of aromatic nitrogens is 2. The molecule has 0 spiro atoms. The van der Waals surface area contributed by atoms with E-state index in [0.29, 0.717) is 12.5 Å². The third kappa shape index (κ3) is 3.30. The van der Waals surface area contributed by atoms with Crippen molar-refractivity contribution in [2.75, 3.05) is 6.54 Å². The molecule has 1 aromatic rings. The molecule has 18 heavy (non-hydrogen) atoms. The van der Waals surface area contributed by atoms with Crippen LogP contribution in [0.15, 0.2) is 17.6 Å².